The van der Waals surface area contributed by atoms with E-state index >= 15 is 0 Å². The summed E-state index contributed by atoms with van der Waals surface area (Å²) in [6.45, 7) is 9.20. The Balaban J connectivity index is 0. The minimum Gasteiger partial charge on any atom is -0.300 e. The molecule has 0 aromatic heterocycles. The second kappa shape index (κ2) is 10.9. The lowest BCUT2D eigenvalue weighted by Gasteiger charge is -1.94. The van der Waals surface area contributed by atoms with Crippen LogP contribution in [0.2, 0.25) is 0 Å². The summed E-state index contributed by atoms with van der Waals surface area (Å²) in [5.41, 5.74) is 2.49. The first-order chi connectivity index (χ1) is 6.90. The fourth-order valence-corrected chi connectivity index (χ4v) is 0.788. The molecule has 0 amide bonds. The zero-order chi connectivity index (χ0) is 12.3. The van der Waals surface area contributed by atoms with Gasteiger partial charge < -0.3 is 4.79 Å². The van der Waals surface area contributed by atoms with Gasteiger partial charge in [-0.3, -0.25) is 4.79 Å². The maximum absolute atomic E-state index is 10.0. The largest absolute Gasteiger partial charge is 0.300 e. The van der Waals surface area contributed by atoms with E-state index in [1.54, 1.807) is 6.08 Å². The molecule has 0 heterocycles. The van der Waals surface area contributed by atoms with Gasteiger partial charge in [-0.05, 0) is 53.5 Å². The molecule has 0 aromatic carbocycles. The Labute approximate surface area is 93.1 Å². The van der Waals surface area contributed by atoms with Crippen molar-refractivity contribution in [1.82, 2.24) is 0 Å². The van der Waals surface area contributed by atoms with Crippen LogP contribution >= 0.6 is 0 Å². The summed E-state index contributed by atoms with van der Waals surface area (Å²) in [6, 6.07) is 0. The monoisotopic (exact) mass is 210 g/mol. The quantitative estimate of drug-likeness (QED) is 0.404. The molecular formula is C13H22O2. The number of ketones is 1. The fraction of sp³-hybridized carbons (Fsp3) is 0.538. The van der Waals surface area contributed by atoms with Gasteiger partial charge >= 0.3 is 0 Å². The van der Waals surface area contributed by atoms with Gasteiger partial charge in [0.2, 0.25) is 0 Å². The predicted octanol–water partition coefficient (Wildman–Crippen LogP) is 3.47. The molecule has 2 heteroatoms. The summed E-state index contributed by atoms with van der Waals surface area (Å²) in [7, 11) is 0. The van der Waals surface area contributed by atoms with E-state index in [-0.39, 0.29) is 5.78 Å². The van der Waals surface area contributed by atoms with Crippen LogP contribution in [-0.4, -0.2) is 12.1 Å². The van der Waals surface area contributed by atoms with E-state index in [9.17, 15) is 9.59 Å². The number of rotatable bonds is 4. The lowest BCUT2D eigenvalue weighted by molar-refractivity contribution is -0.115. The highest BCUT2D eigenvalue weighted by Crippen LogP contribution is 2.05. The molecule has 0 aliphatic heterocycles. The van der Waals surface area contributed by atoms with Crippen LogP contribution < -0.4 is 0 Å². The van der Waals surface area contributed by atoms with Gasteiger partial charge in [0, 0.05) is 0 Å². The molecule has 0 spiro atoms. The predicted molar refractivity (Wildman–Crippen MR) is 64.8 cm³/mol. The van der Waals surface area contributed by atoms with Crippen LogP contribution in [0, 0.1) is 0 Å². The molecule has 15 heavy (non-hydrogen) atoms. The lowest BCUT2D eigenvalue weighted by Crippen LogP contribution is -1.77. The summed E-state index contributed by atoms with van der Waals surface area (Å²) >= 11 is 0. The smallest absolute Gasteiger partial charge is 0.142 e. The van der Waals surface area contributed by atoms with Crippen LogP contribution in [0.25, 0.3) is 0 Å². The third kappa shape index (κ3) is 24.5. The fourth-order valence-electron chi connectivity index (χ4n) is 0.788. The van der Waals surface area contributed by atoms with Crippen molar-refractivity contribution in [2.45, 2.75) is 47.5 Å². The van der Waals surface area contributed by atoms with E-state index < -0.39 is 0 Å². The minimum atomic E-state index is 0.167. The van der Waals surface area contributed by atoms with Crippen LogP contribution in [0.5, 0.6) is 0 Å². The highest BCUT2D eigenvalue weighted by molar-refractivity contribution is 5.72. The average molecular weight is 210 g/mol. The van der Waals surface area contributed by atoms with Gasteiger partial charge in [0.05, 0.1) is 0 Å². The van der Waals surface area contributed by atoms with E-state index in [4.69, 9.17) is 0 Å². The number of carbonyl (C=O) groups excluding carboxylic acids is 2. The first-order valence-electron chi connectivity index (χ1n) is 5.11. The number of aldehydes is 1. The molecule has 0 N–H and O–H groups in total. The molecule has 2 nitrogen and oxygen atoms in total. The minimum absolute atomic E-state index is 0.167. The Kier molecular flexibility index (Phi) is 11.8. The van der Waals surface area contributed by atoms with Crippen molar-refractivity contribution in [2.24, 2.45) is 0 Å². The Bertz CT molecular complexity index is 239. The summed E-state index contributed by atoms with van der Waals surface area (Å²) in [5.74, 6) is 0.167. The SMILES string of the molecule is CC(C)=CCC/C(C)=C/C=O.CC(C)=O. The number of hydrogen-bond acceptors (Lipinski definition) is 2. The third-order valence-corrected chi connectivity index (χ3v) is 1.44. The molecule has 0 rings (SSSR count). The Morgan fingerprint density at radius 1 is 1.07 bits per heavy atom. The topological polar surface area (TPSA) is 34.1 Å². The molecule has 0 aliphatic carbocycles. The molecule has 0 bridgehead atoms. The average Bonchev–Trinajstić information content (AvgIpc) is 2.02. The summed E-state index contributed by atoms with van der Waals surface area (Å²) < 4.78 is 0. The van der Waals surface area contributed by atoms with E-state index in [2.05, 4.69) is 19.9 Å². The van der Waals surface area contributed by atoms with Crippen LogP contribution in [-0.2, 0) is 9.59 Å². The number of Topliss-reactive ketones (excluding diaryl/α,β-unsaturated/α-hetero) is 1. The Hall–Kier alpha value is -1.18. The normalized spacial score (nSPS) is 9.80. The van der Waals surface area contributed by atoms with E-state index in [0.717, 1.165) is 24.7 Å². The number of allylic oxidation sites excluding steroid dienone is 4. The first kappa shape index (κ1) is 16.3. The maximum atomic E-state index is 10.0. The van der Waals surface area contributed by atoms with Gasteiger partial charge in [-0.25, -0.2) is 0 Å². The molecule has 0 saturated carbocycles. The van der Waals surface area contributed by atoms with Gasteiger partial charge in [0.1, 0.15) is 12.1 Å². The maximum Gasteiger partial charge on any atom is 0.142 e. The highest BCUT2D eigenvalue weighted by Gasteiger charge is 1.86. The highest BCUT2D eigenvalue weighted by atomic mass is 16.1. The molecule has 86 valence electrons. The third-order valence-electron chi connectivity index (χ3n) is 1.44. The van der Waals surface area contributed by atoms with Crippen molar-refractivity contribution in [2.75, 3.05) is 0 Å². The van der Waals surface area contributed by atoms with E-state index in [1.807, 2.05) is 6.92 Å². The molecule has 0 saturated heterocycles. The second-order valence-electron chi connectivity index (χ2n) is 3.88. The summed E-state index contributed by atoms with van der Waals surface area (Å²) in [4.78, 5) is 19.5. The zero-order valence-corrected chi connectivity index (χ0v) is 10.5. The van der Waals surface area contributed by atoms with E-state index in [1.165, 1.54) is 19.4 Å². The van der Waals surface area contributed by atoms with Gasteiger partial charge in [0.15, 0.2) is 0 Å². The van der Waals surface area contributed by atoms with Crippen LogP contribution in [0.1, 0.15) is 47.5 Å². The number of carbonyl (C=O) groups is 2. The second-order valence-corrected chi connectivity index (χ2v) is 3.88. The van der Waals surface area contributed by atoms with Crippen molar-refractivity contribution in [3.05, 3.63) is 23.3 Å². The van der Waals surface area contributed by atoms with Crippen LogP contribution in [0.4, 0.5) is 0 Å². The van der Waals surface area contributed by atoms with Crippen LogP contribution in [0.15, 0.2) is 23.3 Å². The van der Waals surface area contributed by atoms with Crippen molar-refractivity contribution < 1.29 is 9.59 Å². The molecular weight excluding hydrogens is 188 g/mol. The summed E-state index contributed by atoms with van der Waals surface area (Å²) in [6.07, 6.45) is 6.68. The van der Waals surface area contributed by atoms with Crippen molar-refractivity contribution in [1.29, 1.82) is 0 Å². The standard InChI is InChI=1S/C10H16O.C3H6O/c1-9(2)5-4-6-10(3)7-8-11;1-3(2)4/h5,7-8H,4,6H2,1-3H3;1-2H3/b10-7+;. The Morgan fingerprint density at radius 3 is 1.87 bits per heavy atom. The van der Waals surface area contributed by atoms with Crippen molar-refractivity contribution in [3.63, 3.8) is 0 Å². The van der Waals surface area contributed by atoms with Crippen molar-refractivity contribution in [3.8, 4) is 0 Å². The first-order valence-corrected chi connectivity index (χ1v) is 5.11. The van der Waals surface area contributed by atoms with Crippen molar-refractivity contribution >= 4 is 12.1 Å². The van der Waals surface area contributed by atoms with Crippen LogP contribution in [0.3, 0.4) is 0 Å². The molecule has 0 radical (unpaired) electrons. The van der Waals surface area contributed by atoms with Gasteiger partial charge in [-0.2, -0.15) is 0 Å². The molecule has 0 aromatic rings. The Morgan fingerprint density at radius 2 is 1.53 bits per heavy atom. The van der Waals surface area contributed by atoms with Gasteiger partial charge in [-0.1, -0.05) is 17.2 Å². The van der Waals surface area contributed by atoms with Gasteiger partial charge in [-0.15, -0.1) is 0 Å². The molecule has 0 atom stereocenters. The molecule has 0 aliphatic rings. The molecule has 0 unspecified atom stereocenters. The molecule has 0 fully saturated rings. The zero-order valence-electron chi connectivity index (χ0n) is 10.5. The number of hydrogen-bond donors (Lipinski definition) is 0. The lowest BCUT2D eigenvalue weighted by atomic mass is 10.1. The summed E-state index contributed by atoms with van der Waals surface area (Å²) in [5, 5.41) is 0. The van der Waals surface area contributed by atoms with E-state index in [0.29, 0.717) is 0 Å². The van der Waals surface area contributed by atoms with Gasteiger partial charge in [0.25, 0.3) is 0 Å².